The van der Waals surface area contributed by atoms with Crippen LogP contribution in [0.4, 0.5) is 4.79 Å². The van der Waals surface area contributed by atoms with Crippen LogP contribution < -0.4 is 0 Å². The number of ether oxygens (including phenoxy) is 2. The van der Waals surface area contributed by atoms with Crippen molar-refractivity contribution in [2.24, 2.45) is 0 Å². The summed E-state index contributed by atoms with van der Waals surface area (Å²) in [6.45, 7) is 7.49. The molecule has 0 atom stereocenters. The number of carbonyl (C=O) groups excluding carboxylic acids is 1. The highest BCUT2D eigenvalue weighted by atomic mass is 16.8. The van der Waals surface area contributed by atoms with Crippen molar-refractivity contribution < 1.29 is 14.3 Å². The molecule has 1 aliphatic heterocycles. The predicted octanol–water partition coefficient (Wildman–Crippen LogP) is 2.04. The summed E-state index contributed by atoms with van der Waals surface area (Å²) in [6.07, 6.45) is 4.03. The summed E-state index contributed by atoms with van der Waals surface area (Å²) in [6, 6.07) is 0. The molecule has 3 nitrogen and oxygen atoms in total. The van der Waals surface area contributed by atoms with Crippen LogP contribution in [-0.2, 0) is 9.47 Å². The fourth-order valence-electron chi connectivity index (χ4n) is 1.24. The summed E-state index contributed by atoms with van der Waals surface area (Å²) in [5.74, 6) is 0. The van der Waals surface area contributed by atoms with Gasteiger partial charge in [-0.25, -0.2) is 4.79 Å². The second-order valence-corrected chi connectivity index (χ2v) is 2.81. The van der Waals surface area contributed by atoms with Crippen LogP contribution in [0.1, 0.15) is 12.8 Å². The lowest BCUT2D eigenvalue weighted by Crippen LogP contribution is -2.30. The molecular weight excluding hydrogens is 156 g/mol. The van der Waals surface area contributed by atoms with Gasteiger partial charge in [0.25, 0.3) is 0 Å². The van der Waals surface area contributed by atoms with E-state index < -0.39 is 11.8 Å². The fraction of sp³-hybridized carbons (Fsp3) is 0.444. The van der Waals surface area contributed by atoms with Gasteiger partial charge in [0.15, 0.2) is 5.60 Å². The minimum atomic E-state index is -0.598. The molecule has 1 rings (SSSR count). The van der Waals surface area contributed by atoms with E-state index in [4.69, 9.17) is 9.47 Å². The molecule has 0 bridgehead atoms. The van der Waals surface area contributed by atoms with Gasteiger partial charge in [0.2, 0.25) is 0 Å². The maximum Gasteiger partial charge on any atom is 0.509 e. The molecule has 0 amide bonds. The summed E-state index contributed by atoms with van der Waals surface area (Å²) >= 11 is 0. The van der Waals surface area contributed by atoms with Crippen LogP contribution in [-0.4, -0.2) is 18.4 Å². The Balaban J connectivity index is 2.65. The molecule has 66 valence electrons. The minimum absolute atomic E-state index is 0.296. The van der Waals surface area contributed by atoms with E-state index in [1.54, 1.807) is 12.2 Å². The molecule has 0 aromatic rings. The van der Waals surface area contributed by atoms with Crippen molar-refractivity contribution in [1.29, 1.82) is 0 Å². The SMILES string of the molecule is C=CCC1(CC=C)COC(=O)O1. The number of cyclic esters (lactones) is 2. The first-order valence-corrected chi connectivity index (χ1v) is 3.80. The van der Waals surface area contributed by atoms with E-state index >= 15 is 0 Å². The molecule has 12 heavy (non-hydrogen) atoms. The van der Waals surface area contributed by atoms with Crippen molar-refractivity contribution in [1.82, 2.24) is 0 Å². The maximum atomic E-state index is 10.7. The van der Waals surface area contributed by atoms with Gasteiger partial charge in [-0.05, 0) is 0 Å². The Kier molecular flexibility index (Phi) is 2.53. The third kappa shape index (κ3) is 1.67. The largest absolute Gasteiger partial charge is 0.509 e. The molecule has 0 saturated carbocycles. The lowest BCUT2D eigenvalue weighted by atomic mass is 9.97. The van der Waals surface area contributed by atoms with Crippen LogP contribution in [0.2, 0.25) is 0 Å². The molecule has 0 unspecified atom stereocenters. The molecule has 0 N–H and O–H groups in total. The van der Waals surface area contributed by atoms with Gasteiger partial charge in [-0.2, -0.15) is 0 Å². The quantitative estimate of drug-likeness (QED) is 0.476. The normalized spacial score (nSPS) is 19.5. The number of carbonyl (C=O) groups is 1. The third-order valence-electron chi connectivity index (χ3n) is 1.79. The fourth-order valence-corrected chi connectivity index (χ4v) is 1.24. The summed E-state index contributed by atoms with van der Waals surface area (Å²) < 4.78 is 9.74. The Hall–Kier alpha value is -1.25. The highest BCUT2D eigenvalue weighted by molar-refractivity contribution is 5.62. The van der Waals surface area contributed by atoms with E-state index in [9.17, 15) is 4.79 Å². The molecule has 0 aliphatic carbocycles. The van der Waals surface area contributed by atoms with Crippen molar-refractivity contribution in [2.75, 3.05) is 6.61 Å². The van der Waals surface area contributed by atoms with Gasteiger partial charge in [-0.1, -0.05) is 12.2 Å². The molecule has 0 radical (unpaired) electrons. The van der Waals surface area contributed by atoms with Crippen LogP contribution in [0.3, 0.4) is 0 Å². The zero-order chi connectivity index (χ0) is 9.03. The summed E-state index contributed by atoms with van der Waals surface area (Å²) in [4.78, 5) is 10.7. The third-order valence-corrected chi connectivity index (χ3v) is 1.79. The molecule has 1 aliphatic rings. The van der Waals surface area contributed by atoms with E-state index in [0.717, 1.165) is 0 Å². The lowest BCUT2D eigenvalue weighted by molar-refractivity contribution is 0.0613. The highest BCUT2D eigenvalue weighted by Gasteiger charge is 2.40. The van der Waals surface area contributed by atoms with E-state index in [1.807, 2.05) is 0 Å². The lowest BCUT2D eigenvalue weighted by Gasteiger charge is -2.20. The Bertz CT molecular complexity index is 198. The molecule has 3 heteroatoms. The van der Waals surface area contributed by atoms with Crippen LogP contribution in [0, 0.1) is 0 Å². The van der Waals surface area contributed by atoms with Crippen LogP contribution >= 0.6 is 0 Å². The zero-order valence-corrected chi connectivity index (χ0v) is 6.91. The number of rotatable bonds is 4. The van der Waals surface area contributed by atoms with Gasteiger partial charge in [0, 0.05) is 12.8 Å². The van der Waals surface area contributed by atoms with Crippen molar-refractivity contribution >= 4 is 6.16 Å². The van der Waals surface area contributed by atoms with Gasteiger partial charge >= 0.3 is 6.16 Å². The van der Waals surface area contributed by atoms with Gasteiger partial charge in [-0.15, -0.1) is 13.2 Å². The van der Waals surface area contributed by atoms with Crippen molar-refractivity contribution in [3.8, 4) is 0 Å². The van der Waals surface area contributed by atoms with Gasteiger partial charge in [0.1, 0.15) is 6.61 Å². The molecule has 0 aromatic carbocycles. The Morgan fingerprint density at radius 2 is 2.00 bits per heavy atom. The second kappa shape index (κ2) is 3.43. The first kappa shape index (κ1) is 8.84. The van der Waals surface area contributed by atoms with Crippen LogP contribution in [0.15, 0.2) is 25.3 Å². The zero-order valence-electron chi connectivity index (χ0n) is 6.91. The van der Waals surface area contributed by atoms with Crippen molar-refractivity contribution in [2.45, 2.75) is 18.4 Å². The van der Waals surface area contributed by atoms with Crippen LogP contribution in [0.25, 0.3) is 0 Å². The Morgan fingerprint density at radius 3 is 2.33 bits per heavy atom. The highest BCUT2D eigenvalue weighted by Crippen LogP contribution is 2.28. The van der Waals surface area contributed by atoms with Gasteiger partial charge < -0.3 is 9.47 Å². The van der Waals surface area contributed by atoms with E-state index in [0.29, 0.717) is 19.4 Å². The van der Waals surface area contributed by atoms with Gasteiger partial charge in [-0.3, -0.25) is 0 Å². The van der Waals surface area contributed by atoms with Crippen molar-refractivity contribution in [3.63, 3.8) is 0 Å². The topological polar surface area (TPSA) is 35.5 Å². The molecule has 1 fully saturated rings. The summed E-state index contributed by atoms with van der Waals surface area (Å²) in [7, 11) is 0. The van der Waals surface area contributed by atoms with Gasteiger partial charge in [0.05, 0.1) is 0 Å². The minimum Gasteiger partial charge on any atom is -0.430 e. The standard InChI is InChI=1S/C9H12O3/c1-3-5-9(6-4-2)7-11-8(10)12-9/h3-4H,1-2,5-7H2. The Labute approximate surface area is 71.7 Å². The molecule has 0 spiro atoms. The Morgan fingerprint density at radius 1 is 1.42 bits per heavy atom. The average Bonchev–Trinajstić information content (AvgIpc) is 2.34. The second-order valence-electron chi connectivity index (χ2n) is 2.81. The number of hydrogen-bond donors (Lipinski definition) is 0. The van der Waals surface area contributed by atoms with Crippen LogP contribution in [0.5, 0.6) is 0 Å². The average molecular weight is 168 g/mol. The van der Waals surface area contributed by atoms with E-state index in [2.05, 4.69) is 13.2 Å². The monoisotopic (exact) mass is 168 g/mol. The summed E-state index contributed by atoms with van der Waals surface area (Å²) in [5.41, 5.74) is -0.541. The first-order chi connectivity index (χ1) is 5.72. The maximum absolute atomic E-state index is 10.7. The van der Waals surface area contributed by atoms with E-state index in [-0.39, 0.29) is 0 Å². The van der Waals surface area contributed by atoms with Crippen molar-refractivity contribution in [3.05, 3.63) is 25.3 Å². The molecule has 0 aromatic heterocycles. The summed E-state index contributed by atoms with van der Waals surface area (Å²) in [5, 5.41) is 0. The predicted molar refractivity (Wildman–Crippen MR) is 44.8 cm³/mol. The molecule has 1 heterocycles. The molecule has 1 saturated heterocycles. The smallest absolute Gasteiger partial charge is 0.430 e. The number of hydrogen-bond acceptors (Lipinski definition) is 3. The first-order valence-electron chi connectivity index (χ1n) is 3.80. The van der Waals surface area contributed by atoms with E-state index in [1.165, 1.54) is 0 Å². The molecular formula is C9H12O3.